The fraction of sp³-hybridized carbons (Fsp3) is 0.417. The van der Waals surface area contributed by atoms with E-state index in [1.807, 2.05) is 0 Å². The van der Waals surface area contributed by atoms with Gasteiger partial charge in [-0.15, -0.1) is 0 Å². The first-order valence-electron chi connectivity index (χ1n) is 5.29. The van der Waals surface area contributed by atoms with Gasteiger partial charge in [-0.1, -0.05) is 12.1 Å². The van der Waals surface area contributed by atoms with E-state index in [9.17, 15) is 4.79 Å². The number of amides is 1. The number of aliphatic hydroxyl groups excluding tert-OH is 2. The predicted octanol–water partition coefficient (Wildman–Crippen LogP) is 1.28. The standard InChI is InChI=1S/C12H17NO3/c1-9(15)5-6-12(16)13-11-4-2-3-10(7-11)8-14/h2-4,7,9,14-15H,5-6,8H2,1H3,(H,13,16). The third kappa shape index (κ3) is 4.42. The van der Waals surface area contributed by atoms with Crippen molar-refractivity contribution in [3.05, 3.63) is 29.8 Å². The van der Waals surface area contributed by atoms with Crippen LogP contribution >= 0.6 is 0 Å². The molecule has 88 valence electrons. The van der Waals surface area contributed by atoms with Crippen LogP contribution < -0.4 is 5.32 Å². The van der Waals surface area contributed by atoms with Crippen LogP contribution in [0.3, 0.4) is 0 Å². The number of carbonyl (C=O) groups is 1. The highest BCUT2D eigenvalue weighted by Crippen LogP contribution is 2.11. The maximum atomic E-state index is 11.4. The highest BCUT2D eigenvalue weighted by atomic mass is 16.3. The van der Waals surface area contributed by atoms with Gasteiger partial charge in [-0.25, -0.2) is 0 Å². The van der Waals surface area contributed by atoms with Gasteiger partial charge >= 0.3 is 0 Å². The molecule has 4 nitrogen and oxygen atoms in total. The second-order valence-corrected chi connectivity index (χ2v) is 3.79. The predicted molar refractivity (Wildman–Crippen MR) is 61.9 cm³/mol. The van der Waals surface area contributed by atoms with Gasteiger partial charge < -0.3 is 15.5 Å². The lowest BCUT2D eigenvalue weighted by Gasteiger charge is -2.07. The Hall–Kier alpha value is -1.39. The van der Waals surface area contributed by atoms with E-state index in [-0.39, 0.29) is 12.5 Å². The number of hydrogen-bond donors (Lipinski definition) is 3. The van der Waals surface area contributed by atoms with Crippen LogP contribution in [0.25, 0.3) is 0 Å². The molecule has 0 aromatic heterocycles. The van der Waals surface area contributed by atoms with E-state index in [1.54, 1.807) is 31.2 Å². The van der Waals surface area contributed by atoms with Crippen LogP contribution in [0.15, 0.2) is 24.3 Å². The second-order valence-electron chi connectivity index (χ2n) is 3.79. The molecule has 0 heterocycles. The molecule has 1 atom stereocenters. The van der Waals surface area contributed by atoms with Crippen molar-refractivity contribution in [1.82, 2.24) is 0 Å². The first kappa shape index (κ1) is 12.7. The molecular weight excluding hydrogens is 206 g/mol. The fourth-order valence-corrected chi connectivity index (χ4v) is 1.31. The van der Waals surface area contributed by atoms with Gasteiger partial charge in [-0.2, -0.15) is 0 Å². The molecule has 0 bridgehead atoms. The minimum Gasteiger partial charge on any atom is -0.393 e. The summed E-state index contributed by atoms with van der Waals surface area (Å²) in [4.78, 5) is 11.4. The lowest BCUT2D eigenvalue weighted by Crippen LogP contribution is -2.14. The maximum Gasteiger partial charge on any atom is 0.224 e. The third-order valence-corrected chi connectivity index (χ3v) is 2.18. The van der Waals surface area contributed by atoms with Crippen molar-refractivity contribution in [3.8, 4) is 0 Å². The molecule has 16 heavy (non-hydrogen) atoms. The van der Waals surface area contributed by atoms with Crippen molar-refractivity contribution in [2.75, 3.05) is 5.32 Å². The van der Waals surface area contributed by atoms with E-state index in [0.29, 0.717) is 18.5 Å². The highest BCUT2D eigenvalue weighted by molar-refractivity contribution is 5.90. The van der Waals surface area contributed by atoms with Crippen LogP contribution in [-0.4, -0.2) is 22.2 Å². The smallest absolute Gasteiger partial charge is 0.224 e. The summed E-state index contributed by atoms with van der Waals surface area (Å²) in [5.41, 5.74) is 1.43. The summed E-state index contributed by atoms with van der Waals surface area (Å²) in [6.07, 6.45) is 0.279. The lowest BCUT2D eigenvalue weighted by molar-refractivity contribution is -0.116. The summed E-state index contributed by atoms with van der Waals surface area (Å²) in [6, 6.07) is 7.04. The van der Waals surface area contributed by atoms with Crippen LogP contribution in [-0.2, 0) is 11.4 Å². The Bertz CT molecular complexity index is 350. The molecule has 1 amide bonds. The van der Waals surface area contributed by atoms with E-state index in [4.69, 9.17) is 10.2 Å². The topological polar surface area (TPSA) is 69.6 Å². The van der Waals surface area contributed by atoms with Crippen LogP contribution in [0.5, 0.6) is 0 Å². The molecule has 0 radical (unpaired) electrons. The average molecular weight is 223 g/mol. The molecule has 0 saturated carbocycles. The number of rotatable bonds is 5. The molecule has 0 aliphatic rings. The zero-order valence-corrected chi connectivity index (χ0v) is 9.31. The summed E-state index contributed by atoms with van der Waals surface area (Å²) in [7, 11) is 0. The normalized spacial score (nSPS) is 12.2. The Morgan fingerprint density at radius 3 is 2.88 bits per heavy atom. The van der Waals surface area contributed by atoms with E-state index in [0.717, 1.165) is 5.56 Å². The number of carbonyl (C=O) groups excluding carboxylic acids is 1. The first-order chi connectivity index (χ1) is 7.61. The fourth-order valence-electron chi connectivity index (χ4n) is 1.31. The Labute approximate surface area is 94.9 Å². The maximum absolute atomic E-state index is 11.4. The van der Waals surface area contributed by atoms with Crippen molar-refractivity contribution >= 4 is 11.6 Å². The Morgan fingerprint density at radius 2 is 2.25 bits per heavy atom. The largest absolute Gasteiger partial charge is 0.393 e. The minimum absolute atomic E-state index is 0.0443. The zero-order chi connectivity index (χ0) is 12.0. The van der Waals surface area contributed by atoms with E-state index in [2.05, 4.69) is 5.32 Å². The number of hydrogen-bond acceptors (Lipinski definition) is 3. The summed E-state index contributed by atoms with van der Waals surface area (Å²) in [5, 5.41) is 20.7. The molecule has 0 spiro atoms. The molecule has 1 unspecified atom stereocenters. The Kier molecular flexibility index (Phi) is 4.95. The van der Waals surface area contributed by atoms with Crippen molar-refractivity contribution in [2.24, 2.45) is 0 Å². The lowest BCUT2D eigenvalue weighted by atomic mass is 10.2. The van der Waals surface area contributed by atoms with Gasteiger partial charge in [-0.05, 0) is 31.0 Å². The molecule has 1 aromatic rings. The summed E-state index contributed by atoms with van der Waals surface area (Å²) < 4.78 is 0. The van der Waals surface area contributed by atoms with Crippen molar-refractivity contribution in [3.63, 3.8) is 0 Å². The first-order valence-corrected chi connectivity index (χ1v) is 5.29. The van der Waals surface area contributed by atoms with E-state index in [1.165, 1.54) is 0 Å². The molecule has 1 aromatic carbocycles. The van der Waals surface area contributed by atoms with Gasteiger partial charge in [0.1, 0.15) is 0 Å². The van der Waals surface area contributed by atoms with Gasteiger partial charge in [-0.3, -0.25) is 4.79 Å². The van der Waals surface area contributed by atoms with Crippen molar-refractivity contribution < 1.29 is 15.0 Å². The number of anilines is 1. The van der Waals surface area contributed by atoms with Crippen molar-refractivity contribution in [2.45, 2.75) is 32.5 Å². The summed E-state index contributed by atoms with van der Waals surface area (Å²) in [5.74, 6) is -0.129. The van der Waals surface area contributed by atoms with Gasteiger partial charge in [0.05, 0.1) is 12.7 Å². The molecule has 0 saturated heterocycles. The van der Waals surface area contributed by atoms with Crippen LogP contribution in [0, 0.1) is 0 Å². The molecule has 1 rings (SSSR count). The van der Waals surface area contributed by atoms with Crippen LogP contribution in [0.4, 0.5) is 5.69 Å². The molecule has 0 aliphatic carbocycles. The third-order valence-electron chi connectivity index (χ3n) is 2.18. The number of aliphatic hydroxyl groups is 2. The van der Waals surface area contributed by atoms with Crippen LogP contribution in [0.1, 0.15) is 25.3 Å². The monoisotopic (exact) mass is 223 g/mol. The second kappa shape index (κ2) is 6.25. The molecule has 0 fully saturated rings. The van der Waals surface area contributed by atoms with E-state index < -0.39 is 6.10 Å². The quantitative estimate of drug-likeness (QED) is 0.704. The SMILES string of the molecule is CC(O)CCC(=O)Nc1cccc(CO)c1. The Balaban J connectivity index is 2.49. The molecule has 3 N–H and O–H groups in total. The Morgan fingerprint density at radius 1 is 1.50 bits per heavy atom. The summed E-state index contributed by atoms with van der Waals surface area (Å²) in [6.45, 7) is 1.61. The van der Waals surface area contributed by atoms with Gasteiger partial charge in [0, 0.05) is 12.1 Å². The van der Waals surface area contributed by atoms with E-state index >= 15 is 0 Å². The van der Waals surface area contributed by atoms with Gasteiger partial charge in [0.25, 0.3) is 0 Å². The average Bonchev–Trinajstić information content (AvgIpc) is 2.26. The number of nitrogens with one attached hydrogen (secondary N) is 1. The molecule has 4 heteroatoms. The van der Waals surface area contributed by atoms with Crippen molar-refractivity contribution in [1.29, 1.82) is 0 Å². The zero-order valence-electron chi connectivity index (χ0n) is 9.31. The number of benzene rings is 1. The minimum atomic E-state index is -0.463. The highest BCUT2D eigenvalue weighted by Gasteiger charge is 2.04. The van der Waals surface area contributed by atoms with Crippen LogP contribution in [0.2, 0.25) is 0 Å². The van der Waals surface area contributed by atoms with Gasteiger partial charge in [0.15, 0.2) is 0 Å². The molecule has 0 aliphatic heterocycles. The molecular formula is C12H17NO3. The van der Waals surface area contributed by atoms with Gasteiger partial charge in [0.2, 0.25) is 5.91 Å². The summed E-state index contributed by atoms with van der Waals surface area (Å²) >= 11 is 0.